The van der Waals surface area contributed by atoms with E-state index in [1.165, 1.54) is 4.31 Å². The lowest BCUT2D eigenvalue weighted by molar-refractivity contribution is -0.143. The Bertz CT molecular complexity index is 839. The summed E-state index contributed by atoms with van der Waals surface area (Å²) in [5, 5.41) is 14.0. The zero-order valence-electron chi connectivity index (χ0n) is 19.8. The number of hydrogen-bond donors (Lipinski definition) is 3. The number of ether oxygens (including phenoxy) is 2. The summed E-state index contributed by atoms with van der Waals surface area (Å²) in [5.41, 5.74) is 0. The molecular formula is C22H36ClF2N3O6S. The molecule has 35 heavy (non-hydrogen) atoms. The maximum absolute atomic E-state index is 15.2. The number of piperidine rings is 1. The van der Waals surface area contributed by atoms with Crippen molar-refractivity contribution in [3.8, 4) is 0 Å². The van der Waals surface area contributed by atoms with Crippen molar-refractivity contribution in [1.29, 1.82) is 0 Å². The molecule has 2 heterocycles. The van der Waals surface area contributed by atoms with Gasteiger partial charge in [-0.05, 0) is 38.5 Å². The molecule has 1 amide bonds. The van der Waals surface area contributed by atoms with Gasteiger partial charge in [-0.1, -0.05) is 0 Å². The van der Waals surface area contributed by atoms with Crippen LogP contribution in [0.2, 0.25) is 0 Å². The van der Waals surface area contributed by atoms with Crippen LogP contribution in [0.15, 0.2) is 0 Å². The Kier molecular flexibility index (Phi) is 8.93. The summed E-state index contributed by atoms with van der Waals surface area (Å²) in [6, 6.07) is -1.70. The maximum Gasteiger partial charge on any atom is 0.227 e. The van der Waals surface area contributed by atoms with E-state index in [0.29, 0.717) is 25.7 Å². The SMILES string of the molecule is COC1CCC(S(=O)(=O)N2C[C@H](CO)OC3CC(F)C(NC(=O)C4C(F)CCCC4Cl)CC32)CN1. The van der Waals surface area contributed by atoms with Gasteiger partial charge >= 0.3 is 0 Å². The summed E-state index contributed by atoms with van der Waals surface area (Å²) >= 11 is 6.22. The van der Waals surface area contributed by atoms with Crippen molar-refractivity contribution in [2.75, 3.05) is 26.8 Å². The first-order valence-electron chi connectivity index (χ1n) is 12.4. The standard InChI is InChI=1S/C22H36ClF2N3O6S/c1-33-20-6-5-13(9-26-20)35(31,32)28-10-12(11-29)34-19-7-16(25)17(8-18(19)28)27-22(30)21-14(23)3-2-4-15(21)24/h12-21,26,29H,2-11H2,1H3,(H,27,30)/t12-,13?,14?,15?,16?,17?,18?,19?,20?,21?/m1/s1. The minimum Gasteiger partial charge on any atom is -0.394 e. The van der Waals surface area contributed by atoms with Crippen LogP contribution in [0.4, 0.5) is 8.78 Å². The Balaban J connectivity index is 1.50. The average Bonchev–Trinajstić information content (AvgIpc) is 2.83. The first kappa shape index (κ1) is 27.4. The van der Waals surface area contributed by atoms with E-state index in [1.807, 2.05) is 0 Å². The quantitative estimate of drug-likeness (QED) is 0.425. The molecule has 9 nitrogen and oxygen atoms in total. The van der Waals surface area contributed by atoms with Crippen LogP contribution in [0.25, 0.3) is 0 Å². The highest BCUT2D eigenvalue weighted by Crippen LogP contribution is 2.37. The van der Waals surface area contributed by atoms with Gasteiger partial charge in [0.1, 0.15) is 18.6 Å². The van der Waals surface area contributed by atoms with Crippen molar-refractivity contribution in [1.82, 2.24) is 14.9 Å². The molecule has 0 aromatic carbocycles. The largest absolute Gasteiger partial charge is 0.394 e. The summed E-state index contributed by atoms with van der Waals surface area (Å²) in [5.74, 6) is -1.69. The third-order valence-electron chi connectivity index (χ3n) is 7.87. The Morgan fingerprint density at radius 3 is 2.63 bits per heavy atom. The molecule has 2 aliphatic carbocycles. The van der Waals surface area contributed by atoms with Crippen molar-refractivity contribution < 1.29 is 36.6 Å². The van der Waals surface area contributed by atoms with Gasteiger partial charge in [0.25, 0.3) is 0 Å². The van der Waals surface area contributed by atoms with Gasteiger partial charge in [0, 0.05) is 32.0 Å². The number of hydrogen-bond acceptors (Lipinski definition) is 7. The molecule has 4 rings (SSSR count). The summed E-state index contributed by atoms with van der Waals surface area (Å²) < 4.78 is 69.3. The average molecular weight is 544 g/mol. The van der Waals surface area contributed by atoms with Crippen LogP contribution in [0.1, 0.15) is 44.9 Å². The highest BCUT2D eigenvalue weighted by Gasteiger charge is 2.51. The number of rotatable bonds is 6. The summed E-state index contributed by atoms with van der Waals surface area (Å²) in [6.07, 6.45) is -2.52. The molecule has 4 fully saturated rings. The molecule has 3 N–H and O–H groups in total. The third kappa shape index (κ3) is 5.78. The summed E-state index contributed by atoms with van der Waals surface area (Å²) in [4.78, 5) is 12.9. The minimum atomic E-state index is -3.83. The number of alkyl halides is 3. The van der Waals surface area contributed by atoms with E-state index in [9.17, 15) is 22.7 Å². The minimum absolute atomic E-state index is 0.00752. The van der Waals surface area contributed by atoms with Gasteiger partial charge in [0.15, 0.2) is 0 Å². The number of amides is 1. The van der Waals surface area contributed by atoms with Gasteiger partial charge in [-0.2, -0.15) is 4.31 Å². The highest BCUT2D eigenvalue weighted by molar-refractivity contribution is 7.89. The Morgan fingerprint density at radius 2 is 2.00 bits per heavy atom. The molecule has 202 valence electrons. The first-order valence-corrected chi connectivity index (χ1v) is 14.3. The number of carbonyl (C=O) groups excluding carboxylic acids is 1. The van der Waals surface area contributed by atoms with Crippen molar-refractivity contribution >= 4 is 27.5 Å². The Morgan fingerprint density at radius 1 is 1.23 bits per heavy atom. The van der Waals surface area contributed by atoms with Gasteiger partial charge < -0.3 is 19.9 Å². The van der Waals surface area contributed by atoms with Gasteiger partial charge in [-0.25, -0.2) is 17.2 Å². The molecule has 0 aromatic rings. The van der Waals surface area contributed by atoms with Gasteiger partial charge in [0.05, 0.1) is 42.1 Å². The van der Waals surface area contributed by atoms with Gasteiger partial charge in [0.2, 0.25) is 15.9 Å². The fraction of sp³-hybridized carbons (Fsp3) is 0.955. The van der Waals surface area contributed by atoms with Crippen molar-refractivity contribution in [2.24, 2.45) is 5.92 Å². The molecule has 0 radical (unpaired) electrons. The number of halogens is 3. The molecule has 2 saturated heterocycles. The lowest BCUT2D eigenvalue weighted by Crippen LogP contribution is -2.66. The van der Waals surface area contributed by atoms with E-state index in [0.717, 1.165) is 0 Å². The monoisotopic (exact) mass is 543 g/mol. The zero-order chi connectivity index (χ0) is 25.3. The number of nitrogens with zero attached hydrogens (tertiary/aromatic N) is 1. The van der Waals surface area contributed by atoms with E-state index in [4.69, 9.17) is 21.1 Å². The number of carbonyl (C=O) groups is 1. The van der Waals surface area contributed by atoms with Crippen LogP contribution in [-0.2, 0) is 24.3 Å². The first-order chi connectivity index (χ1) is 16.6. The van der Waals surface area contributed by atoms with Gasteiger partial charge in [-0.3, -0.25) is 10.1 Å². The van der Waals surface area contributed by atoms with Gasteiger partial charge in [-0.15, -0.1) is 11.6 Å². The molecule has 4 aliphatic rings. The number of fused-ring (bicyclic) bond motifs is 1. The zero-order valence-corrected chi connectivity index (χ0v) is 21.4. The molecule has 0 spiro atoms. The molecule has 10 atom stereocenters. The van der Waals surface area contributed by atoms with E-state index >= 15 is 4.39 Å². The van der Waals surface area contributed by atoms with Crippen LogP contribution in [0.3, 0.4) is 0 Å². The Hall–Kier alpha value is -0.630. The third-order valence-corrected chi connectivity index (χ3v) is 10.7. The molecule has 9 unspecified atom stereocenters. The summed E-state index contributed by atoms with van der Waals surface area (Å²) in [7, 11) is -2.27. The van der Waals surface area contributed by atoms with Crippen LogP contribution in [0.5, 0.6) is 0 Å². The molecular weight excluding hydrogens is 508 g/mol. The second-order valence-corrected chi connectivity index (χ2v) is 12.8. The van der Waals surface area contributed by atoms with E-state index in [1.54, 1.807) is 7.11 Å². The number of sulfonamides is 1. The van der Waals surface area contributed by atoms with E-state index in [-0.39, 0.29) is 38.6 Å². The fourth-order valence-electron chi connectivity index (χ4n) is 5.87. The van der Waals surface area contributed by atoms with Crippen LogP contribution < -0.4 is 10.6 Å². The Labute approximate surface area is 210 Å². The van der Waals surface area contributed by atoms with E-state index in [2.05, 4.69) is 10.6 Å². The fourth-order valence-corrected chi connectivity index (χ4v) is 8.40. The van der Waals surface area contributed by atoms with Crippen molar-refractivity contribution in [2.45, 2.75) is 98.4 Å². The highest BCUT2D eigenvalue weighted by atomic mass is 35.5. The lowest BCUT2D eigenvalue weighted by atomic mass is 9.83. The second-order valence-electron chi connectivity index (χ2n) is 10.1. The number of methoxy groups -OCH3 is 1. The smallest absolute Gasteiger partial charge is 0.227 e. The number of nitrogens with one attached hydrogen (secondary N) is 2. The number of aliphatic hydroxyl groups is 1. The normalized spacial score (nSPS) is 43.3. The molecule has 2 saturated carbocycles. The summed E-state index contributed by atoms with van der Waals surface area (Å²) in [6.45, 7) is -0.236. The molecule has 0 aromatic heterocycles. The van der Waals surface area contributed by atoms with Crippen molar-refractivity contribution in [3.05, 3.63) is 0 Å². The predicted octanol–water partition coefficient (Wildman–Crippen LogP) is 0.833. The predicted molar refractivity (Wildman–Crippen MR) is 125 cm³/mol. The molecule has 0 bridgehead atoms. The number of aliphatic hydroxyl groups excluding tert-OH is 1. The number of morpholine rings is 1. The van der Waals surface area contributed by atoms with Crippen LogP contribution >= 0.6 is 11.6 Å². The molecule has 2 aliphatic heterocycles. The maximum atomic E-state index is 15.2. The van der Waals surface area contributed by atoms with Crippen molar-refractivity contribution in [3.63, 3.8) is 0 Å². The molecule has 13 heteroatoms. The van der Waals surface area contributed by atoms with Crippen LogP contribution in [0, 0.1) is 5.92 Å². The van der Waals surface area contributed by atoms with Crippen LogP contribution in [-0.4, -0.2) is 104 Å². The topological polar surface area (TPSA) is 117 Å². The van der Waals surface area contributed by atoms with E-state index < -0.39 is 75.7 Å². The second kappa shape index (κ2) is 11.4. The lowest BCUT2D eigenvalue weighted by Gasteiger charge is -2.49.